The largest absolute Gasteiger partial charge is 0.508 e. The molecule has 0 saturated carbocycles. The number of thioether (sulfide) groups is 1. The second-order valence-electron chi connectivity index (χ2n) is 11.0. The molecule has 1 unspecified atom stereocenters. The number of aliphatic hydroxyl groups is 1. The first-order valence-corrected chi connectivity index (χ1v) is 14.8. The minimum absolute atomic E-state index is 0.0329. The molecule has 1 fully saturated rings. The van der Waals surface area contributed by atoms with Crippen molar-refractivity contribution in [1.29, 1.82) is 0 Å². The summed E-state index contributed by atoms with van der Waals surface area (Å²) in [5, 5.41) is 36.7. The van der Waals surface area contributed by atoms with E-state index in [0.717, 1.165) is 11.1 Å². The fourth-order valence-electron chi connectivity index (χ4n) is 5.07. The second-order valence-corrected chi connectivity index (χ2v) is 12.6. The molecule has 0 spiro atoms. The van der Waals surface area contributed by atoms with Crippen molar-refractivity contribution in [3.63, 3.8) is 0 Å². The third-order valence-corrected chi connectivity index (χ3v) is 8.90. The van der Waals surface area contributed by atoms with Gasteiger partial charge in [-0.1, -0.05) is 48.5 Å². The van der Waals surface area contributed by atoms with E-state index in [1.54, 1.807) is 43.3 Å². The van der Waals surface area contributed by atoms with Gasteiger partial charge in [0.1, 0.15) is 17.5 Å². The fraction of sp³-hybridized carbons (Fsp3) is 0.344. The number of nitrogens with zero attached hydrogens (tertiary/aromatic N) is 1. The number of rotatable bonds is 10. The number of phenolic OH excluding ortho intramolecular Hbond substituents is 2. The predicted octanol–water partition coefficient (Wildman–Crippen LogP) is 3.15. The van der Waals surface area contributed by atoms with Gasteiger partial charge in [0.05, 0.1) is 11.9 Å². The number of nitrogens with one attached hydrogen (secondary N) is 2. The number of aliphatic hydroxyl groups excluding tert-OH is 1. The number of hydrogen-bond donors (Lipinski definition) is 5. The molecule has 3 aromatic carbocycles. The van der Waals surface area contributed by atoms with Crippen LogP contribution in [-0.2, 0) is 22.4 Å². The Labute approximate surface area is 249 Å². The second kappa shape index (κ2) is 13.3. The van der Waals surface area contributed by atoms with E-state index in [1.807, 2.05) is 44.2 Å². The molecule has 1 heterocycles. The molecule has 3 aromatic rings. The topological polar surface area (TPSA) is 139 Å². The Kier molecular flexibility index (Phi) is 9.80. The van der Waals surface area contributed by atoms with Crippen LogP contribution in [0.3, 0.4) is 0 Å². The minimum atomic E-state index is -1.63. The van der Waals surface area contributed by atoms with Crippen molar-refractivity contribution >= 4 is 29.5 Å². The molecule has 0 bridgehead atoms. The fourth-order valence-corrected chi connectivity index (χ4v) is 6.21. The Bertz CT molecular complexity index is 1410. The highest BCUT2D eigenvalue weighted by Gasteiger charge is 2.49. The number of aromatic hydroxyl groups is 2. The van der Waals surface area contributed by atoms with E-state index in [-0.39, 0.29) is 35.3 Å². The maximum absolute atomic E-state index is 13.8. The maximum atomic E-state index is 13.8. The third kappa shape index (κ3) is 7.24. The zero-order valence-electron chi connectivity index (χ0n) is 23.9. The molecule has 1 aliphatic rings. The van der Waals surface area contributed by atoms with Gasteiger partial charge in [-0.2, -0.15) is 0 Å². The Balaban J connectivity index is 1.51. The molecule has 4 rings (SSSR count). The van der Waals surface area contributed by atoms with E-state index in [1.165, 1.54) is 22.7 Å². The molecule has 10 heteroatoms. The van der Waals surface area contributed by atoms with Gasteiger partial charge in [0.15, 0.2) is 6.10 Å². The highest BCUT2D eigenvalue weighted by atomic mass is 32.2. The van der Waals surface area contributed by atoms with E-state index < -0.39 is 34.7 Å². The van der Waals surface area contributed by atoms with Crippen LogP contribution in [0.4, 0.5) is 0 Å². The first-order valence-electron chi connectivity index (χ1n) is 13.8. The average Bonchev–Trinajstić information content (AvgIpc) is 3.29. The van der Waals surface area contributed by atoms with Crippen LogP contribution < -0.4 is 10.6 Å². The van der Waals surface area contributed by atoms with E-state index in [4.69, 9.17) is 0 Å². The summed E-state index contributed by atoms with van der Waals surface area (Å²) in [5.41, 5.74) is 2.37. The molecule has 9 nitrogen and oxygen atoms in total. The summed E-state index contributed by atoms with van der Waals surface area (Å²) < 4.78 is -0.616. The number of carbonyl (C=O) groups excluding carboxylic acids is 3. The molecule has 222 valence electrons. The number of carbonyl (C=O) groups is 3. The van der Waals surface area contributed by atoms with Crippen molar-refractivity contribution in [3.05, 3.63) is 95.1 Å². The van der Waals surface area contributed by atoms with Crippen LogP contribution in [0, 0.1) is 6.92 Å². The monoisotopic (exact) mass is 591 g/mol. The third-order valence-electron chi connectivity index (χ3n) is 7.53. The minimum Gasteiger partial charge on any atom is -0.508 e. The van der Waals surface area contributed by atoms with E-state index in [2.05, 4.69) is 10.6 Å². The standard InChI is InChI=1S/C32H37N3O6S/c1-20-24(10-7-11-26(20)37)29(39)34-25(18-22-8-5-4-6-9-22)27(38)31(41)35-19-42-32(2,3)28(35)30(40)33-17-16-21-12-14-23(36)15-13-21/h4-15,25,27-28,36-38H,16-19H2,1-3H3,(H,33,40)(H,34,39)/t25-,27-,28?/m0/s1. The Morgan fingerprint density at radius 3 is 2.36 bits per heavy atom. The molecule has 5 N–H and O–H groups in total. The molecule has 0 aliphatic carbocycles. The molecule has 42 heavy (non-hydrogen) atoms. The van der Waals surface area contributed by atoms with Crippen molar-refractivity contribution in [1.82, 2.24) is 15.5 Å². The van der Waals surface area contributed by atoms with E-state index >= 15 is 0 Å². The molecule has 3 atom stereocenters. The highest BCUT2D eigenvalue weighted by Crippen LogP contribution is 2.40. The Morgan fingerprint density at radius 1 is 0.976 bits per heavy atom. The lowest BCUT2D eigenvalue weighted by molar-refractivity contribution is -0.147. The molecule has 3 amide bonds. The van der Waals surface area contributed by atoms with Crippen molar-refractivity contribution in [2.45, 2.75) is 56.5 Å². The van der Waals surface area contributed by atoms with Crippen LogP contribution in [0.25, 0.3) is 0 Å². The number of hydrogen-bond acceptors (Lipinski definition) is 7. The van der Waals surface area contributed by atoms with Crippen LogP contribution in [0.1, 0.15) is 40.9 Å². The van der Waals surface area contributed by atoms with Gasteiger partial charge >= 0.3 is 0 Å². The van der Waals surface area contributed by atoms with Crippen molar-refractivity contribution in [3.8, 4) is 11.5 Å². The summed E-state index contributed by atoms with van der Waals surface area (Å²) in [6, 6.07) is 18.7. The Hall–Kier alpha value is -4.02. The zero-order chi connectivity index (χ0) is 30.4. The van der Waals surface area contributed by atoms with Gasteiger partial charge in [-0.25, -0.2) is 0 Å². The molecule has 1 aliphatic heterocycles. The molecular formula is C32H37N3O6S. The van der Waals surface area contributed by atoms with Crippen LogP contribution >= 0.6 is 11.8 Å². The quantitative estimate of drug-likeness (QED) is 0.244. The summed E-state index contributed by atoms with van der Waals surface area (Å²) in [4.78, 5) is 41.9. The van der Waals surface area contributed by atoms with Gasteiger partial charge in [-0.15, -0.1) is 11.8 Å². The molecule has 0 aromatic heterocycles. The van der Waals surface area contributed by atoms with Crippen LogP contribution in [0.2, 0.25) is 0 Å². The first kappa shape index (κ1) is 30.9. The maximum Gasteiger partial charge on any atom is 0.254 e. The van der Waals surface area contributed by atoms with Crippen LogP contribution in [0.15, 0.2) is 72.8 Å². The summed E-state index contributed by atoms with van der Waals surface area (Å²) in [7, 11) is 0. The molecular weight excluding hydrogens is 554 g/mol. The number of amides is 3. The average molecular weight is 592 g/mol. The number of phenols is 2. The summed E-state index contributed by atoms with van der Waals surface area (Å²) in [5.74, 6) is -1.18. The zero-order valence-corrected chi connectivity index (χ0v) is 24.7. The van der Waals surface area contributed by atoms with Gasteiger partial charge in [-0.05, 0) is 69.0 Å². The van der Waals surface area contributed by atoms with Gasteiger partial charge in [0.25, 0.3) is 11.8 Å². The van der Waals surface area contributed by atoms with Crippen LogP contribution in [0.5, 0.6) is 11.5 Å². The van der Waals surface area contributed by atoms with Gasteiger partial charge in [0, 0.05) is 22.4 Å². The lowest BCUT2D eigenvalue weighted by Gasteiger charge is -2.33. The van der Waals surface area contributed by atoms with E-state index in [9.17, 15) is 29.7 Å². The number of benzene rings is 3. The van der Waals surface area contributed by atoms with Crippen molar-refractivity contribution < 1.29 is 29.7 Å². The van der Waals surface area contributed by atoms with Crippen molar-refractivity contribution in [2.75, 3.05) is 12.4 Å². The summed E-state index contributed by atoms with van der Waals surface area (Å²) >= 11 is 1.44. The summed E-state index contributed by atoms with van der Waals surface area (Å²) in [6.07, 6.45) is -0.915. The van der Waals surface area contributed by atoms with Crippen LogP contribution in [-0.4, -0.2) is 73.3 Å². The molecule has 0 radical (unpaired) electrons. The Morgan fingerprint density at radius 2 is 1.67 bits per heavy atom. The highest BCUT2D eigenvalue weighted by molar-refractivity contribution is 8.00. The first-order chi connectivity index (χ1) is 20.0. The smallest absolute Gasteiger partial charge is 0.254 e. The lowest BCUT2D eigenvalue weighted by atomic mass is 9.96. The van der Waals surface area contributed by atoms with E-state index in [0.29, 0.717) is 18.5 Å². The van der Waals surface area contributed by atoms with Crippen molar-refractivity contribution in [2.24, 2.45) is 0 Å². The van der Waals surface area contributed by atoms with Gasteiger partial charge in [0.2, 0.25) is 5.91 Å². The lowest BCUT2D eigenvalue weighted by Crippen LogP contribution is -2.58. The van der Waals surface area contributed by atoms with Gasteiger partial charge < -0.3 is 30.9 Å². The SMILES string of the molecule is Cc1c(O)cccc1C(=O)N[C@@H](Cc1ccccc1)[C@H](O)C(=O)N1CSC(C)(C)C1C(=O)NCCc1ccc(O)cc1. The van der Waals surface area contributed by atoms with Gasteiger partial charge in [-0.3, -0.25) is 14.4 Å². The summed E-state index contributed by atoms with van der Waals surface area (Å²) in [6.45, 7) is 5.72. The normalized spacial score (nSPS) is 17.3. The predicted molar refractivity (Wildman–Crippen MR) is 162 cm³/mol. The molecule has 1 saturated heterocycles.